The molecule has 0 bridgehead atoms. The molecule has 298 valence electrons. The zero-order valence-electron chi connectivity index (χ0n) is 29.2. The number of nitrogens with two attached hydrogens (primary N) is 1. The second-order valence-electron chi connectivity index (χ2n) is 9.00. The number of nitrogens with one attached hydrogen (secondary N) is 1. The van der Waals surface area contributed by atoms with Crippen molar-refractivity contribution in [3.63, 3.8) is 0 Å². The van der Waals surface area contributed by atoms with Gasteiger partial charge in [-0.2, -0.15) is 49.7 Å². The number of rotatable bonds is 12. The number of carbonyl (C=O) groups excluding carboxylic acids is 4. The van der Waals surface area contributed by atoms with E-state index in [1.165, 1.54) is 34.6 Å². The van der Waals surface area contributed by atoms with E-state index < -0.39 is 70.3 Å². The average Bonchev–Trinajstić information content (AvgIpc) is 3.71. The molecular weight excluding hydrogens is 731 g/mol. The first-order chi connectivity index (χ1) is 24.1. The van der Waals surface area contributed by atoms with Crippen molar-refractivity contribution in [1.29, 1.82) is 0 Å². The molecule has 52 heavy (non-hydrogen) atoms. The molecule has 0 saturated heterocycles. The molecule has 23 heteroatoms. The van der Waals surface area contributed by atoms with E-state index in [1.54, 1.807) is 6.92 Å². The van der Waals surface area contributed by atoms with Crippen LogP contribution in [0.15, 0.2) is 24.2 Å². The zero-order valence-corrected chi connectivity index (χ0v) is 29.2. The molecule has 0 aliphatic rings. The average molecular weight is 773 g/mol. The van der Waals surface area contributed by atoms with Crippen LogP contribution in [0, 0.1) is 0 Å². The smallest absolute Gasteiger partial charge is 0.455 e. The standard InChI is InChI=1S/2C9H11F3N2O2.C9H11F3O4.C2H8N2/c1-3-14-5-6(8(15)16-4-2)7(13-14)9(10,11)12;1-3-14-7(9(10,11)12)6(5-13-14)8(15)16-4-2;1-3-15-5-6(8(14)16-4-2)7(13)9(10,11)12;1-2-4-3/h3*5H,3-4H2,1-2H3;4H,2-3H2,1H3. The molecule has 0 unspecified atom stereocenters. The fourth-order valence-corrected chi connectivity index (χ4v) is 3.16. The van der Waals surface area contributed by atoms with E-state index in [1.807, 2.05) is 6.92 Å². The summed E-state index contributed by atoms with van der Waals surface area (Å²) in [6, 6.07) is 0. The van der Waals surface area contributed by atoms with E-state index in [0.29, 0.717) is 6.26 Å². The third-order valence-electron chi connectivity index (χ3n) is 5.32. The summed E-state index contributed by atoms with van der Waals surface area (Å²) in [6.45, 7) is 12.1. The Labute approximate surface area is 292 Å². The molecule has 2 aromatic heterocycles. The topological polar surface area (TPSA) is 179 Å². The van der Waals surface area contributed by atoms with Gasteiger partial charge in [0.2, 0.25) is 0 Å². The van der Waals surface area contributed by atoms with Gasteiger partial charge in [0.05, 0.1) is 32.6 Å². The van der Waals surface area contributed by atoms with Crippen molar-refractivity contribution >= 4 is 23.7 Å². The van der Waals surface area contributed by atoms with Gasteiger partial charge in [-0.15, -0.1) is 0 Å². The van der Waals surface area contributed by atoms with Crippen LogP contribution < -0.4 is 11.3 Å². The fraction of sp³-hybridized carbons (Fsp3) is 0.586. The highest BCUT2D eigenvalue weighted by Gasteiger charge is 2.44. The Morgan fingerprint density at radius 3 is 1.63 bits per heavy atom. The number of Topliss-reactive ketones (excluding diaryl/α,β-unsaturated/α-hetero) is 1. The lowest BCUT2D eigenvalue weighted by Gasteiger charge is -2.10. The van der Waals surface area contributed by atoms with Gasteiger partial charge in [-0.1, -0.05) is 6.92 Å². The molecule has 2 aromatic rings. The highest BCUT2D eigenvalue weighted by atomic mass is 19.4. The molecule has 0 atom stereocenters. The van der Waals surface area contributed by atoms with Crippen molar-refractivity contribution in [2.75, 3.05) is 33.0 Å². The summed E-state index contributed by atoms with van der Waals surface area (Å²) in [5, 5.41) is 6.79. The summed E-state index contributed by atoms with van der Waals surface area (Å²) in [4.78, 5) is 44.4. The second-order valence-corrected chi connectivity index (χ2v) is 9.00. The summed E-state index contributed by atoms with van der Waals surface area (Å²) >= 11 is 0. The maximum Gasteiger partial charge on any atom is 0.455 e. The van der Waals surface area contributed by atoms with Crippen molar-refractivity contribution in [2.24, 2.45) is 5.84 Å². The zero-order chi connectivity index (χ0) is 40.9. The molecule has 0 saturated carbocycles. The van der Waals surface area contributed by atoms with Crippen molar-refractivity contribution in [2.45, 2.75) is 80.1 Å². The van der Waals surface area contributed by atoms with Crippen molar-refractivity contribution < 1.29 is 77.6 Å². The lowest BCUT2D eigenvalue weighted by Crippen LogP contribution is -2.29. The van der Waals surface area contributed by atoms with Gasteiger partial charge in [0.15, 0.2) is 11.4 Å². The predicted molar refractivity (Wildman–Crippen MR) is 163 cm³/mol. The highest BCUT2D eigenvalue weighted by molar-refractivity contribution is 6.19. The molecule has 0 fully saturated rings. The predicted octanol–water partition coefficient (Wildman–Crippen LogP) is 5.27. The number of aromatic nitrogens is 4. The van der Waals surface area contributed by atoms with Crippen LogP contribution in [0.4, 0.5) is 39.5 Å². The number of esters is 3. The Bertz CT molecular complexity index is 1420. The van der Waals surface area contributed by atoms with Crippen LogP contribution in [-0.2, 0) is 54.0 Å². The van der Waals surface area contributed by atoms with E-state index in [9.17, 15) is 58.7 Å². The fourth-order valence-electron chi connectivity index (χ4n) is 3.16. The summed E-state index contributed by atoms with van der Waals surface area (Å²) < 4.78 is 131. The molecule has 0 amide bonds. The molecule has 2 rings (SSSR count). The number of ketones is 1. The van der Waals surface area contributed by atoms with E-state index in [-0.39, 0.29) is 39.5 Å². The van der Waals surface area contributed by atoms with Crippen LogP contribution in [0.25, 0.3) is 0 Å². The molecule has 0 aliphatic heterocycles. The Kier molecular flexibility index (Phi) is 22.6. The summed E-state index contributed by atoms with van der Waals surface area (Å²) in [5.41, 5.74) is -2.08. The summed E-state index contributed by atoms with van der Waals surface area (Å²) in [6.07, 6.45) is -12.0. The molecule has 0 radical (unpaired) electrons. The van der Waals surface area contributed by atoms with Crippen LogP contribution in [0.1, 0.15) is 80.6 Å². The first-order valence-corrected chi connectivity index (χ1v) is 15.2. The molecule has 0 aromatic carbocycles. The summed E-state index contributed by atoms with van der Waals surface area (Å²) in [7, 11) is 0. The quantitative estimate of drug-likeness (QED) is 0.0329. The number of aryl methyl sites for hydroxylation is 2. The van der Waals surface area contributed by atoms with Gasteiger partial charge in [-0.3, -0.25) is 25.4 Å². The Balaban J connectivity index is 0. The first-order valence-electron chi connectivity index (χ1n) is 15.2. The van der Waals surface area contributed by atoms with Gasteiger partial charge in [0, 0.05) is 25.8 Å². The third-order valence-corrected chi connectivity index (χ3v) is 5.32. The molecule has 3 N–H and O–H groups in total. The third kappa shape index (κ3) is 17.0. The van der Waals surface area contributed by atoms with E-state index in [0.717, 1.165) is 28.3 Å². The monoisotopic (exact) mass is 772 g/mol. The van der Waals surface area contributed by atoms with E-state index >= 15 is 0 Å². The number of hydrazine groups is 1. The first kappa shape index (κ1) is 49.4. The van der Waals surface area contributed by atoms with Crippen LogP contribution in [-0.4, -0.2) is 82.4 Å². The minimum atomic E-state index is -5.13. The van der Waals surface area contributed by atoms with Crippen molar-refractivity contribution in [1.82, 2.24) is 25.0 Å². The Hall–Kier alpha value is -4.67. The summed E-state index contributed by atoms with van der Waals surface area (Å²) in [5.74, 6) is -0.860. The normalized spacial score (nSPS) is 11.4. The minimum absolute atomic E-state index is 0.0213. The molecule has 14 nitrogen and oxygen atoms in total. The lowest BCUT2D eigenvalue weighted by molar-refractivity contribution is -0.169. The van der Waals surface area contributed by atoms with Gasteiger partial charge in [0.25, 0.3) is 5.78 Å². The second kappa shape index (κ2) is 23.7. The van der Waals surface area contributed by atoms with Crippen LogP contribution in [0.5, 0.6) is 0 Å². The number of halogens is 9. The van der Waals surface area contributed by atoms with Gasteiger partial charge in [0.1, 0.15) is 23.0 Å². The molecule has 0 aliphatic carbocycles. The van der Waals surface area contributed by atoms with Crippen LogP contribution >= 0.6 is 0 Å². The number of nitrogens with zero attached hydrogens (tertiary/aromatic N) is 4. The molecular formula is C29H41F9N6O8. The number of hydrogen-bond donors (Lipinski definition) is 2. The number of alkyl halides is 9. The van der Waals surface area contributed by atoms with Gasteiger partial charge >= 0.3 is 36.4 Å². The largest absolute Gasteiger partial charge is 0.500 e. The minimum Gasteiger partial charge on any atom is -0.500 e. The number of ether oxygens (including phenoxy) is 4. The Morgan fingerprint density at radius 2 is 1.27 bits per heavy atom. The van der Waals surface area contributed by atoms with E-state index in [4.69, 9.17) is 5.84 Å². The molecule has 2 heterocycles. The van der Waals surface area contributed by atoms with Crippen molar-refractivity contribution in [3.05, 3.63) is 46.7 Å². The number of carbonyl (C=O) groups is 4. The van der Waals surface area contributed by atoms with Crippen molar-refractivity contribution in [3.8, 4) is 0 Å². The Morgan fingerprint density at radius 1 is 0.769 bits per heavy atom. The van der Waals surface area contributed by atoms with Crippen LogP contribution in [0.2, 0.25) is 0 Å². The van der Waals surface area contributed by atoms with Gasteiger partial charge < -0.3 is 18.9 Å². The van der Waals surface area contributed by atoms with Gasteiger partial charge in [-0.25, -0.2) is 14.4 Å². The van der Waals surface area contributed by atoms with Gasteiger partial charge in [-0.05, 0) is 41.5 Å². The van der Waals surface area contributed by atoms with Crippen LogP contribution in [0.3, 0.4) is 0 Å². The SMILES string of the molecule is CCNN.CCOC(=O)c1cn(CC)nc1C(F)(F)F.CCOC(=O)c1cnn(CC)c1C(F)(F)F.CCOC=C(C(=O)OCC)C(=O)C(F)(F)F. The lowest BCUT2D eigenvalue weighted by atomic mass is 10.2. The van der Waals surface area contributed by atoms with E-state index in [2.05, 4.69) is 34.6 Å². The molecule has 0 spiro atoms. The highest BCUT2D eigenvalue weighted by Crippen LogP contribution is 2.33. The maximum atomic E-state index is 12.7. The number of hydrogen-bond acceptors (Lipinski definition) is 12. The maximum absolute atomic E-state index is 12.7.